The maximum Gasteiger partial charge on any atom is -0.00367 e. The van der Waals surface area contributed by atoms with Crippen molar-refractivity contribution in [2.24, 2.45) is 5.73 Å². The van der Waals surface area contributed by atoms with Crippen LogP contribution in [0.1, 0.15) is 22.3 Å². The van der Waals surface area contributed by atoms with Crippen molar-refractivity contribution in [1.82, 2.24) is 0 Å². The quantitative estimate of drug-likeness (QED) is 0.710. The highest BCUT2D eigenvalue weighted by molar-refractivity contribution is 5.36. The molecular formula is C11H17N. The standard InChI is InChI=1S/C11H17N/c1-8-6-11(4-5-12)7-9(2)10(8)3/h6-7H,4-5,12H2,1-3H3. The van der Waals surface area contributed by atoms with Gasteiger partial charge in [-0.15, -0.1) is 0 Å². The van der Waals surface area contributed by atoms with Gasteiger partial charge in [0.25, 0.3) is 0 Å². The fourth-order valence-corrected chi connectivity index (χ4v) is 1.44. The van der Waals surface area contributed by atoms with Crippen LogP contribution in [0.2, 0.25) is 0 Å². The Hall–Kier alpha value is -0.820. The number of nitrogens with two attached hydrogens (primary N) is 1. The average Bonchev–Trinajstić information content (AvgIpc) is 2.01. The van der Waals surface area contributed by atoms with Crippen molar-refractivity contribution in [2.75, 3.05) is 6.54 Å². The lowest BCUT2D eigenvalue weighted by atomic mass is 9.99. The van der Waals surface area contributed by atoms with E-state index >= 15 is 0 Å². The first kappa shape index (κ1) is 9.27. The molecule has 0 unspecified atom stereocenters. The molecule has 66 valence electrons. The predicted octanol–water partition coefficient (Wildman–Crippen LogP) is 2.11. The largest absolute Gasteiger partial charge is 0.330 e. The van der Waals surface area contributed by atoms with E-state index in [1.165, 1.54) is 22.3 Å². The van der Waals surface area contributed by atoms with E-state index in [4.69, 9.17) is 5.73 Å². The van der Waals surface area contributed by atoms with Crippen LogP contribution >= 0.6 is 0 Å². The highest BCUT2D eigenvalue weighted by atomic mass is 14.5. The molecule has 1 aromatic rings. The molecule has 0 spiro atoms. The van der Waals surface area contributed by atoms with Crippen molar-refractivity contribution in [3.8, 4) is 0 Å². The van der Waals surface area contributed by atoms with Gasteiger partial charge in [0.1, 0.15) is 0 Å². The molecule has 0 aromatic heterocycles. The molecule has 0 amide bonds. The van der Waals surface area contributed by atoms with Crippen LogP contribution in [0.25, 0.3) is 0 Å². The van der Waals surface area contributed by atoms with Gasteiger partial charge in [-0.2, -0.15) is 0 Å². The summed E-state index contributed by atoms with van der Waals surface area (Å²) >= 11 is 0. The van der Waals surface area contributed by atoms with Gasteiger partial charge >= 0.3 is 0 Å². The minimum atomic E-state index is 0.738. The van der Waals surface area contributed by atoms with Gasteiger partial charge in [-0.25, -0.2) is 0 Å². The van der Waals surface area contributed by atoms with Crippen molar-refractivity contribution in [3.63, 3.8) is 0 Å². The SMILES string of the molecule is Cc1cc(CCN)cc(C)c1C. The van der Waals surface area contributed by atoms with Gasteiger partial charge in [-0.3, -0.25) is 0 Å². The molecule has 0 saturated carbocycles. The summed E-state index contributed by atoms with van der Waals surface area (Å²) in [5.41, 5.74) is 11.0. The molecule has 0 radical (unpaired) electrons. The van der Waals surface area contributed by atoms with Crippen LogP contribution in [0.3, 0.4) is 0 Å². The normalized spacial score (nSPS) is 10.3. The van der Waals surface area contributed by atoms with Crippen LogP contribution in [0.4, 0.5) is 0 Å². The summed E-state index contributed by atoms with van der Waals surface area (Å²) in [6.45, 7) is 7.21. The molecule has 0 aliphatic rings. The molecule has 0 bridgehead atoms. The van der Waals surface area contributed by atoms with Gasteiger partial charge in [-0.05, 0) is 56.0 Å². The fraction of sp³-hybridized carbons (Fsp3) is 0.455. The summed E-state index contributed by atoms with van der Waals surface area (Å²) < 4.78 is 0. The average molecular weight is 163 g/mol. The van der Waals surface area contributed by atoms with E-state index in [1.807, 2.05) is 0 Å². The van der Waals surface area contributed by atoms with E-state index in [1.54, 1.807) is 0 Å². The number of benzene rings is 1. The lowest BCUT2D eigenvalue weighted by Gasteiger charge is -2.07. The van der Waals surface area contributed by atoms with Gasteiger partial charge in [0.2, 0.25) is 0 Å². The molecule has 0 atom stereocenters. The molecular weight excluding hydrogens is 146 g/mol. The van der Waals surface area contributed by atoms with E-state index in [9.17, 15) is 0 Å². The Morgan fingerprint density at radius 3 is 2.00 bits per heavy atom. The molecule has 0 aliphatic heterocycles. The monoisotopic (exact) mass is 163 g/mol. The summed E-state index contributed by atoms with van der Waals surface area (Å²) in [4.78, 5) is 0. The second-order valence-electron chi connectivity index (χ2n) is 3.39. The molecule has 0 saturated heterocycles. The van der Waals surface area contributed by atoms with Crippen molar-refractivity contribution in [3.05, 3.63) is 34.4 Å². The van der Waals surface area contributed by atoms with Crippen LogP contribution in [0.15, 0.2) is 12.1 Å². The molecule has 0 fully saturated rings. The third-order valence-corrected chi connectivity index (χ3v) is 2.42. The first-order valence-corrected chi connectivity index (χ1v) is 4.42. The van der Waals surface area contributed by atoms with E-state index in [2.05, 4.69) is 32.9 Å². The van der Waals surface area contributed by atoms with Crippen molar-refractivity contribution in [2.45, 2.75) is 27.2 Å². The Morgan fingerprint density at radius 2 is 1.58 bits per heavy atom. The summed E-state index contributed by atoms with van der Waals surface area (Å²) in [6, 6.07) is 4.46. The molecule has 0 aliphatic carbocycles. The van der Waals surface area contributed by atoms with E-state index in [-0.39, 0.29) is 0 Å². The number of aryl methyl sites for hydroxylation is 2. The molecule has 0 heterocycles. The molecule has 1 aromatic carbocycles. The third-order valence-electron chi connectivity index (χ3n) is 2.42. The maximum atomic E-state index is 5.50. The Labute approximate surface area is 74.6 Å². The highest BCUT2D eigenvalue weighted by Crippen LogP contribution is 2.15. The lowest BCUT2D eigenvalue weighted by Crippen LogP contribution is -2.03. The van der Waals surface area contributed by atoms with Crippen molar-refractivity contribution >= 4 is 0 Å². The van der Waals surface area contributed by atoms with Crippen LogP contribution in [-0.2, 0) is 6.42 Å². The van der Waals surface area contributed by atoms with E-state index in [0.717, 1.165) is 13.0 Å². The van der Waals surface area contributed by atoms with Crippen LogP contribution in [0.5, 0.6) is 0 Å². The van der Waals surface area contributed by atoms with E-state index < -0.39 is 0 Å². The minimum absolute atomic E-state index is 0.738. The van der Waals surface area contributed by atoms with Crippen molar-refractivity contribution < 1.29 is 0 Å². The zero-order chi connectivity index (χ0) is 9.14. The first-order chi connectivity index (χ1) is 5.65. The zero-order valence-electron chi connectivity index (χ0n) is 8.15. The van der Waals surface area contributed by atoms with Gasteiger partial charge in [-0.1, -0.05) is 12.1 Å². The highest BCUT2D eigenvalue weighted by Gasteiger charge is 1.99. The Kier molecular flexibility index (Phi) is 2.88. The number of rotatable bonds is 2. The molecule has 2 N–H and O–H groups in total. The van der Waals surface area contributed by atoms with Crippen LogP contribution in [0, 0.1) is 20.8 Å². The van der Waals surface area contributed by atoms with Gasteiger partial charge in [0, 0.05) is 0 Å². The lowest BCUT2D eigenvalue weighted by molar-refractivity contribution is 0.962. The second-order valence-corrected chi connectivity index (χ2v) is 3.39. The smallest absolute Gasteiger partial charge is 0.00367 e. The van der Waals surface area contributed by atoms with Crippen molar-refractivity contribution in [1.29, 1.82) is 0 Å². The van der Waals surface area contributed by atoms with Gasteiger partial charge in [0.05, 0.1) is 0 Å². The molecule has 1 rings (SSSR count). The topological polar surface area (TPSA) is 26.0 Å². The maximum absolute atomic E-state index is 5.50. The minimum Gasteiger partial charge on any atom is -0.330 e. The summed E-state index contributed by atoms with van der Waals surface area (Å²) in [7, 11) is 0. The Balaban J connectivity index is 3.04. The second kappa shape index (κ2) is 3.72. The molecule has 1 nitrogen and oxygen atoms in total. The predicted molar refractivity (Wildman–Crippen MR) is 53.4 cm³/mol. The zero-order valence-corrected chi connectivity index (χ0v) is 8.15. The summed E-state index contributed by atoms with van der Waals surface area (Å²) in [6.07, 6.45) is 0.988. The van der Waals surface area contributed by atoms with Gasteiger partial charge in [0.15, 0.2) is 0 Å². The summed E-state index contributed by atoms with van der Waals surface area (Å²) in [5, 5.41) is 0. The molecule has 1 heteroatoms. The Morgan fingerprint density at radius 1 is 1.08 bits per heavy atom. The molecule has 12 heavy (non-hydrogen) atoms. The third kappa shape index (κ3) is 1.86. The number of hydrogen-bond acceptors (Lipinski definition) is 1. The van der Waals surface area contributed by atoms with E-state index in [0.29, 0.717) is 0 Å². The first-order valence-electron chi connectivity index (χ1n) is 4.42. The Bertz CT molecular complexity index is 253. The van der Waals surface area contributed by atoms with Gasteiger partial charge < -0.3 is 5.73 Å². The summed E-state index contributed by atoms with van der Waals surface area (Å²) in [5.74, 6) is 0. The number of hydrogen-bond donors (Lipinski definition) is 1. The van der Waals surface area contributed by atoms with Crippen LogP contribution in [-0.4, -0.2) is 6.54 Å². The fourth-order valence-electron chi connectivity index (χ4n) is 1.44. The van der Waals surface area contributed by atoms with Crippen LogP contribution < -0.4 is 5.73 Å².